The Morgan fingerprint density at radius 1 is 1.30 bits per heavy atom. The molecule has 1 aromatic rings. The monoisotopic (exact) mass is 278 g/mol. The molecule has 0 aromatic heterocycles. The minimum Gasteiger partial charge on any atom is -0.497 e. The van der Waals surface area contributed by atoms with E-state index in [1.165, 1.54) is 5.56 Å². The lowest BCUT2D eigenvalue weighted by Gasteiger charge is -2.33. The summed E-state index contributed by atoms with van der Waals surface area (Å²) in [5.74, 6) is 0.904. The number of benzene rings is 1. The van der Waals surface area contributed by atoms with Crippen molar-refractivity contribution < 1.29 is 9.47 Å². The zero-order valence-corrected chi connectivity index (χ0v) is 12.8. The Bertz CT molecular complexity index is 388. The van der Waals surface area contributed by atoms with E-state index in [0.29, 0.717) is 12.1 Å². The first-order valence-corrected chi connectivity index (χ1v) is 7.33. The molecule has 0 amide bonds. The summed E-state index contributed by atoms with van der Waals surface area (Å²) in [5, 5.41) is 3.41. The van der Waals surface area contributed by atoms with E-state index in [-0.39, 0.29) is 0 Å². The Kier molecular flexibility index (Phi) is 5.83. The molecule has 1 aliphatic rings. The smallest absolute Gasteiger partial charge is 0.118 e. The number of ether oxygens (including phenoxy) is 2. The molecule has 2 rings (SSSR count). The third-order valence-corrected chi connectivity index (χ3v) is 4.15. The predicted octanol–water partition coefficient (Wildman–Crippen LogP) is 2.07. The van der Waals surface area contributed by atoms with E-state index in [0.717, 1.165) is 38.3 Å². The van der Waals surface area contributed by atoms with Crippen molar-refractivity contribution in [2.75, 3.05) is 41.0 Å². The zero-order valence-electron chi connectivity index (χ0n) is 12.8. The fraction of sp³-hybridized carbons (Fsp3) is 0.625. The number of methoxy groups -OCH3 is 1. The minimum atomic E-state index is 0.341. The second-order valence-electron chi connectivity index (χ2n) is 5.40. The molecule has 4 heteroatoms. The van der Waals surface area contributed by atoms with Gasteiger partial charge in [0.25, 0.3) is 0 Å². The van der Waals surface area contributed by atoms with Crippen molar-refractivity contribution in [1.82, 2.24) is 10.2 Å². The summed E-state index contributed by atoms with van der Waals surface area (Å²) < 4.78 is 10.6. The van der Waals surface area contributed by atoms with Crippen LogP contribution in [0.15, 0.2) is 24.3 Å². The highest BCUT2D eigenvalue weighted by Crippen LogP contribution is 2.20. The van der Waals surface area contributed by atoms with Gasteiger partial charge in [0.1, 0.15) is 5.75 Å². The Hall–Kier alpha value is -1.10. The summed E-state index contributed by atoms with van der Waals surface area (Å²) in [6, 6.07) is 9.30. The van der Waals surface area contributed by atoms with Crippen LogP contribution in [-0.4, -0.2) is 51.9 Å². The summed E-state index contributed by atoms with van der Waals surface area (Å²) in [4.78, 5) is 2.45. The van der Waals surface area contributed by atoms with Crippen molar-refractivity contribution in [3.05, 3.63) is 29.8 Å². The molecule has 0 spiro atoms. The lowest BCUT2D eigenvalue weighted by atomic mass is 10.0. The molecule has 1 unspecified atom stereocenters. The van der Waals surface area contributed by atoms with Gasteiger partial charge in [0.05, 0.1) is 7.11 Å². The third kappa shape index (κ3) is 3.95. The van der Waals surface area contributed by atoms with Crippen LogP contribution in [0.25, 0.3) is 0 Å². The normalized spacial score (nSPS) is 18.2. The Balaban J connectivity index is 1.96. The van der Waals surface area contributed by atoms with Gasteiger partial charge < -0.3 is 19.7 Å². The molecule has 1 fully saturated rings. The van der Waals surface area contributed by atoms with Crippen LogP contribution in [0.4, 0.5) is 0 Å². The van der Waals surface area contributed by atoms with Crippen LogP contribution in [0.3, 0.4) is 0 Å². The highest BCUT2D eigenvalue weighted by molar-refractivity contribution is 5.29. The lowest BCUT2D eigenvalue weighted by Crippen LogP contribution is -2.41. The number of nitrogens with zero attached hydrogens (tertiary/aromatic N) is 1. The van der Waals surface area contributed by atoms with E-state index >= 15 is 0 Å². The molecule has 1 atom stereocenters. The zero-order chi connectivity index (χ0) is 14.4. The van der Waals surface area contributed by atoms with Gasteiger partial charge in [-0.25, -0.2) is 0 Å². The van der Waals surface area contributed by atoms with Crippen LogP contribution >= 0.6 is 0 Å². The first-order valence-electron chi connectivity index (χ1n) is 7.33. The van der Waals surface area contributed by atoms with Crippen LogP contribution in [-0.2, 0) is 4.74 Å². The van der Waals surface area contributed by atoms with Crippen LogP contribution in [0.1, 0.15) is 24.4 Å². The summed E-state index contributed by atoms with van der Waals surface area (Å²) in [6.07, 6.45) is 2.27. The molecule has 1 aromatic carbocycles. The average molecular weight is 278 g/mol. The van der Waals surface area contributed by atoms with Crippen molar-refractivity contribution in [3.8, 4) is 5.75 Å². The number of likely N-dealkylation sites (N-methyl/N-ethyl adjacent to an activating group) is 2. The van der Waals surface area contributed by atoms with Gasteiger partial charge in [-0.2, -0.15) is 0 Å². The molecule has 1 aliphatic heterocycles. The maximum atomic E-state index is 5.44. The van der Waals surface area contributed by atoms with Gasteiger partial charge in [0.2, 0.25) is 0 Å². The van der Waals surface area contributed by atoms with E-state index < -0.39 is 0 Å². The third-order valence-electron chi connectivity index (χ3n) is 4.15. The van der Waals surface area contributed by atoms with E-state index in [2.05, 4.69) is 29.4 Å². The fourth-order valence-electron chi connectivity index (χ4n) is 2.76. The summed E-state index contributed by atoms with van der Waals surface area (Å²) in [7, 11) is 5.93. The molecule has 0 aliphatic carbocycles. The van der Waals surface area contributed by atoms with Crippen molar-refractivity contribution in [2.24, 2.45) is 0 Å². The summed E-state index contributed by atoms with van der Waals surface area (Å²) >= 11 is 0. The maximum Gasteiger partial charge on any atom is 0.118 e. The topological polar surface area (TPSA) is 33.7 Å². The average Bonchev–Trinajstić information content (AvgIpc) is 2.53. The van der Waals surface area contributed by atoms with Crippen LogP contribution in [0.2, 0.25) is 0 Å². The number of hydrogen-bond acceptors (Lipinski definition) is 4. The van der Waals surface area contributed by atoms with Gasteiger partial charge >= 0.3 is 0 Å². The van der Waals surface area contributed by atoms with E-state index in [1.54, 1.807) is 7.11 Å². The second kappa shape index (κ2) is 7.62. The Morgan fingerprint density at radius 2 is 1.95 bits per heavy atom. The molecule has 4 nitrogen and oxygen atoms in total. The quantitative estimate of drug-likeness (QED) is 0.863. The number of nitrogens with one attached hydrogen (secondary N) is 1. The molecule has 0 saturated carbocycles. The molecule has 1 heterocycles. The first-order chi connectivity index (χ1) is 9.74. The van der Waals surface area contributed by atoms with Gasteiger partial charge in [-0.05, 0) is 44.6 Å². The molecular weight excluding hydrogens is 252 g/mol. The lowest BCUT2D eigenvalue weighted by molar-refractivity contribution is 0.0404. The van der Waals surface area contributed by atoms with E-state index in [9.17, 15) is 0 Å². The summed E-state index contributed by atoms with van der Waals surface area (Å²) in [6.45, 7) is 2.79. The van der Waals surface area contributed by atoms with Crippen molar-refractivity contribution in [1.29, 1.82) is 0 Å². The molecule has 1 saturated heterocycles. The summed E-state index contributed by atoms with van der Waals surface area (Å²) in [5.41, 5.74) is 1.30. The molecule has 112 valence electrons. The van der Waals surface area contributed by atoms with Gasteiger partial charge in [-0.1, -0.05) is 12.1 Å². The Labute approximate surface area is 122 Å². The standard InChI is InChI=1S/C16H26N2O2/c1-17-16(13-4-6-15(19-3)7-5-13)12-18(2)14-8-10-20-11-9-14/h4-7,14,16-17H,8-12H2,1-3H3. The first kappa shape index (κ1) is 15.3. The maximum absolute atomic E-state index is 5.44. The predicted molar refractivity (Wildman–Crippen MR) is 81.3 cm³/mol. The van der Waals surface area contributed by atoms with Crippen molar-refractivity contribution in [2.45, 2.75) is 24.9 Å². The number of rotatable bonds is 6. The molecular formula is C16H26N2O2. The molecule has 0 radical (unpaired) electrons. The molecule has 20 heavy (non-hydrogen) atoms. The number of hydrogen-bond donors (Lipinski definition) is 1. The van der Waals surface area contributed by atoms with Crippen molar-refractivity contribution >= 4 is 0 Å². The minimum absolute atomic E-state index is 0.341. The van der Waals surface area contributed by atoms with Gasteiger partial charge in [-0.15, -0.1) is 0 Å². The molecule has 1 N–H and O–H groups in total. The van der Waals surface area contributed by atoms with E-state index in [1.807, 2.05) is 19.2 Å². The second-order valence-corrected chi connectivity index (χ2v) is 5.40. The van der Waals surface area contributed by atoms with Gasteiger partial charge in [-0.3, -0.25) is 0 Å². The van der Waals surface area contributed by atoms with Gasteiger partial charge in [0.15, 0.2) is 0 Å². The van der Waals surface area contributed by atoms with Crippen LogP contribution in [0.5, 0.6) is 5.75 Å². The SMILES string of the molecule is CNC(CN(C)C1CCOCC1)c1ccc(OC)cc1. The van der Waals surface area contributed by atoms with Crippen LogP contribution in [0, 0.1) is 0 Å². The van der Waals surface area contributed by atoms with E-state index in [4.69, 9.17) is 9.47 Å². The highest BCUT2D eigenvalue weighted by Gasteiger charge is 2.21. The van der Waals surface area contributed by atoms with Gasteiger partial charge in [0, 0.05) is 31.8 Å². The highest BCUT2D eigenvalue weighted by atomic mass is 16.5. The molecule has 0 bridgehead atoms. The Morgan fingerprint density at radius 3 is 2.50 bits per heavy atom. The largest absolute Gasteiger partial charge is 0.497 e. The van der Waals surface area contributed by atoms with Crippen molar-refractivity contribution in [3.63, 3.8) is 0 Å². The fourth-order valence-corrected chi connectivity index (χ4v) is 2.76. The van der Waals surface area contributed by atoms with Crippen LogP contribution < -0.4 is 10.1 Å².